The molecule has 0 spiro atoms. The Balaban J connectivity index is 3.45. The molecule has 0 aliphatic heterocycles. The number of hydrogen-bond acceptors (Lipinski definition) is 2. The van der Waals surface area contributed by atoms with Gasteiger partial charge in [0.15, 0.2) is 0 Å². The third-order valence-corrected chi connectivity index (χ3v) is 3.36. The van der Waals surface area contributed by atoms with E-state index in [1.54, 1.807) is 6.92 Å². The van der Waals surface area contributed by atoms with Gasteiger partial charge in [0.1, 0.15) is 0 Å². The van der Waals surface area contributed by atoms with Crippen molar-refractivity contribution in [2.75, 3.05) is 33.8 Å². The van der Waals surface area contributed by atoms with Gasteiger partial charge in [0.2, 0.25) is 0 Å². The highest BCUT2D eigenvalue weighted by Gasteiger charge is 2.12. The Bertz CT molecular complexity index is 272. The quantitative estimate of drug-likeness (QED) is 0.248. The summed E-state index contributed by atoms with van der Waals surface area (Å²) < 4.78 is 6.19. The molecular formula is C16H32NO2+. The number of nitrogens with zero attached hydrogens (tertiary/aromatic N) is 1. The largest absolute Gasteiger partial charge is 0.462 e. The standard InChI is InChI=1S/C16H32NO2/c1-6-7-12-17(4,5)13-10-8-9-11-14-19-16(18)15(2)3/h2,6-14H2,1,3-5H3/q+1. The van der Waals surface area contributed by atoms with Crippen LogP contribution < -0.4 is 0 Å². The lowest BCUT2D eigenvalue weighted by molar-refractivity contribution is -0.890. The minimum atomic E-state index is -0.266. The monoisotopic (exact) mass is 270 g/mol. The van der Waals surface area contributed by atoms with Crippen molar-refractivity contribution in [1.82, 2.24) is 0 Å². The van der Waals surface area contributed by atoms with Gasteiger partial charge in [-0.3, -0.25) is 0 Å². The fourth-order valence-corrected chi connectivity index (χ4v) is 1.98. The molecule has 0 unspecified atom stereocenters. The van der Waals surface area contributed by atoms with E-state index < -0.39 is 0 Å². The van der Waals surface area contributed by atoms with Crippen molar-refractivity contribution >= 4 is 5.97 Å². The van der Waals surface area contributed by atoms with E-state index in [0.717, 1.165) is 17.3 Å². The Hall–Kier alpha value is -0.830. The molecule has 0 saturated heterocycles. The Morgan fingerprint density at radius 3 is 2.21 bits per heavy atom. The van der Waals surface area contributed by atoms with Gasteiger partial charge in [-0.25, -0.2) is 4.79 Å². The summed E-state index contributed by atoms with van der Waals surface area (Å²) in [4.78, 5) is 11.1. The molecule has 0 heterocycles. The van der Waals surface area contributed by atoms with Gasteiger partial charge in [-0.05, 0) is 39.0 Å². The number of quaternary nitrogens is 1. The number of esters is 1. The van der Waals surface area contributed by atoms with Crippen LogP contribution in [0.25, 0.3) is 0 Å². The van der Waals surface area contributed by atoms with Crippen LogP contribution in [0.4, 0.5) is 0 Å². The molecule has 3 heteroatoms. The minimum absolute atomic E-state index is 0.266. The highest BCUT2D eigenvalue weighted by Crippen LogP contribution is 2.07. The molecule has 0 aromatic heterocycles. The second kappa shape index (κ2) is 10.0. The SMILES string of the molecule is C=C(C)C(=O)OCCCCCC[N+](C)(C)CCCC. The van der Waals surface area contributed by atoms with Crippen LogP contribution in [0.3, 0.4) is 0 Å². The van der Waals surface area contributed by atoms with Gasteiger partial charge >= 0.3 is 5.97 Å². The zero-order valence-corrected chi connectivity index (χ0v) is 13.3. The van der Waals surface area contributed by atoms with Gasteiger partial charge in [0.25, 0.3) is 0 Å². The summed E-state index contributed by atoms with van der Waals surface area (Å²) in [6, 6.07) is 0. The molecule has 0 rings (SSSR count). The van der Waals surface area contributed by atoms with Crippen LogP contribution in [0.2, 0.25) is 0 Å². The summed E-state index contributed by atoms with van der Waals surface area (Å²) in [5, 5.41) is 0. The first-order valence-corrected chi connectivity index (χ1v) is 7.53. The smallest absolute Gasteiger partial charge is 0.333 e. The highest BCUT2D eigenvalue weighted by atomic mass is 16.5. The number of carbonyl (C=O) groups excluding carboxylic acids is 1. The third kappa shape index (κ3) is 10.8. The maximum absolute atomic E-state index is 11.1. The summed E-state index contributed by atoms with van der Waals surface area (Å²) in [5.74, 6) is -0.266. The van der Waals surface area contributed by atoms with Crippen LogP contribution in [0.1, 0.15) is 52.4 Å². The number of ether oxygens (including phenoxy) is 1. The summed E-state index contributed by atoms with van der Waals surface area (Å²) in [7, 11) is 4.62. The van der Waals surface area contributed by atoms with E-state index in [1.807, 2.05) is 0 Å². The van der Waals surface area contributed by atoms with Gasteiger partial charge in [-0.1, -0.05) is 19.9 Å². The molecule has 0 amide bonds. The van der Waals surface area contributed by atoms with Crippen molar-refractivity contribution in [2.24, 2.45) is 0 Å². The average Bonchev–Trinajstić information content (AvgIpc) is 2.34. The fourth-order valence-electron chi connectivity index (χ4n) is 1.98. The van der Waals surface area contributed by atoms with E-state index in [4.69, 9.17) is 4.74 Å². The number of unbranched alkanes of at least 4 members (excludes halogenated alkanes) is 4. The molecule has 0 atom stereocenters. The molecule has 112 valence electrons. The van der Waals surface area contributed by atoms with Crippen molar-refractivity contribution in [3.05, 3.63) is 12.2 Å². The van der Waals surface area contributed by atoms with E-state index in [0.29, 0.717) is 12.2 Å². The molecule has 0 aliphatic carbocycles. The van der Waals surface area contributed by atoms with Gasteiger partial charge in [0, 0.05) is 5.57 Å². The van der Waals surface area contributed by atoms with Crippen molar-refractivity contribution in [1.29, 1.82) is 0 Å². The van der Waals surface area contributed by atoms with E-state index in [9.17, 15) is 4.79 Å². The lowest BCUT2D eigenvalue weighted by atomic mass is 10.2. The summed E-state index contributed by atoms with van der Waals surface area (Å²) >= 11 is 0. The topological polar surface area (TPSA) is 26.3 Å². The molecule has 0 radical (unpaired) electrons. The lowest BCUT2D eigenvalue weighted by Crippen LogP contribution is -2.41. The Morgan fingerprint density at radius 2 is 1.63 bits per heavy atom. The molecule has 0 N–H and O–H groups in total. The maximum atomic E-state index is 11.1. The van der Waals surface area contributed by atoms with E-state index in [-0.39, 0.29) is 5.97 Å². The van der Waals surface area contributed by atoms with Gasteiger partial charge in [0.05, 0.1) is 33.8 Å². The first-order valence-electron chi connectivity index (χ1n) is 7.53. The zero-order valence-electron chi connectivity index (χ0n) is 13.3. The maximum Gasteiger partial charge on any atom is 0.333 e. The number of carbonyl (C=O) groups is 1. The van der Waals surface area contributed by atoms with Crippen molar-refractivity contribution in [3.8, 4) is 0 Å². The summed E-state index contributed by atoms with van der Waals surface area (Å²) in [5.41, 5.74) is 0.481. The van der Waals surface area contributed by atoms with Crippen LogP contribution in [-0.4, -0.2) is 44.2 Å². The first-order chi connectivity index (χ1) is 8.89. The molecule has 0 aromatic carbocycles. The van der Waals surface area contributed by atoms with Crippen molar-refractivity contribution in [2.45, 2.75) is 52.4 Å². The molecule has 0 saturated carbocycles. The number of rotatable bonds is 11. The molecule has 19 heavy (non-hydrogen) atoms. The summed E-state index contributed by atoms with van der Waals surface area (Å²) in [6.45, 7) is 10.5. The first kappa shape index (κ1) is 18.2. The highest BCUT2D eigenvalue weighted by molar-refractivity contribution is 5.86. The van der Waals surface area contributed by atoms with E-state index in [1.165, 1.54) is 38.8 Å². The zero-order chi connectivity index (χ0) is 14.7. The second-order valence-corrected chi connectivity index (χ2v) is 6.07. The molecule has 0 bridgehead atoms. The van der Waals surface area contributed by atoms with Gasteiger partial charge in [-0.15, -0.1) is 0 Å². The Kier molecular flexibility index (Phi) is 9.58. The minimum Gasteiger partial charge on any atom is -0.462 e. The van der Waals surface area contributed by atoms with Gasteiger partial charge < -0.3 is 9.22 Å². The molecule has 0 aromatic rings. The van der Waals surface area contributed by atoms with Crippen LogP contribution >= 0.6 is 0 Å². The molecular weight excluding hydrogens is 238 g/mol. The second-order valence-electron chi connectivity index (χ2n) is 6.07. The normalized spacial score (nSPS) is 11.4. The van der Waals surface area contributed by atoms with E-state index >= 15 is 0 Å². The van der Waals surface area contributed by atoms with Crippen LogP contribution in [0.15, 0.2) is 12.2 Å². The Labute approximate surface area is 119 Å². The predicted octanol–water partition coefficient (Wildman–Crippen LogP) is 3.54. The predicted molar refractivity (Wildman–Crippen MR) is 81.0 cm³/mol. The number of hydrogen-bond donors (Lipinski definition) is 0. The summed E-state index contributed by atoms with van der Waals surface area (Å²) in [6.07, 6.45) is 7.15. The van der Waals surface area contributed by atoms with E-state index in [2.05, 4.69) is 27.6 Å². The van der Waals surface area contributed by atoms with Crippen LogP contribution in [0.5, 0.6) is 0 Å². The lowest BCUT2D eigenvalue weighted by Gasteiger charge is -2.29. The van der Waals surface area contributed by atoms with Crippen LogP contribution in [0, 0.1) is 0 Å². The third-order valence-electron chi connectivity index (χ3n) is 3.36. The van der Waals surface area contributed by atoms with Crippen molar-refractivity contribution < 1.29 is 14.0 Å². The molecule has 3 nitrogen and oxygen atoms in total. The molecule has 0 aliphatic rings. The van der Waals surface area contributed by atoms with Crippen LogP contribution in [-0.2, 0) is 9.53 Å². The Morgan fingerprint density at radius 1 is 1.05 bits per heavy atom. The average molecular weight is 270 g/mol. The van der Waals surface area contributed by atoms with Crippen molar-refractivity contribution in [3.63, 3.8) is 0 Å². The van der Waals surface area contributed by atoms with Gasteiger partial charge in [-0.2, -0.15) is 0 Å². The molecule has 0 fully saturated rings. The fraction of sp³-hybridized carbons (Fsp3) is 0.812.